The zero-order valence-corrected chi connectivity index (χ0v) is 13.2. The van der Waals surface area contributed by atoms with Gasteiger partial charge in [0.25, 0.3) is 0 Å². The van der Waals surface area contributed by atoms with E-state index in [0.717, 1.165) is 32.4 Å². The van der Waals surface area contributed by atoms with E-state index in [0.29, 0.717) is 19.0 Å². The second-order valence-corrected chi connectivity index (χ2v) is 7.78. The average Bonchev–Trinajstić information content (AvgIpc) is 2.74. The predicted molar refractivity (Wildman–Crippen MR) is 77.8 cm³/mol. The van der Waals surface area contributed by atoms with Gasteiger partial charge in [-0.15, -0.1) is 0 Å². The van der Waals surface area contributed by atoms with Crippen molar-refractivity contribution in [3.05, 3.63) is 0 Å². The van der Waals surface area contributed by atoms with Gasteiger partial charge in [0.2, 0.25) is 10.0 Å². The molecule has 0 amide bonds. The van der Waals surface area contributed by atoms with Crippen molar-refractivity contribution in [2.24, 2.45) is 0 Å². The molecule has 1 atom stereocenters. The van der Waals surface area contributed by atoms with Crippen molar-refractivity contribution < 1.29 is 13.2 Å². The number of ether oxygens (including phenoxy) is 1. The molecule has 114 valence electrons. The fourth-order valence-corrected chi connectivity index (χ4v) is 3.37. The Morgan fingerprint density at radius 3 is 2.63 bits per heavy atom. The molecule has 0 saturated carbocycles. The summed E-state index contributed by atoms with van der Waals surface area (Å²) < 4.78 is 31.9. The third kappa shape index (κ3) is 7.25. The first-order chi connectivity index (χ1) is 8.83. The van der Waals surface area contributed by atoms with Crippen molar-refractivity contribution >= 4 is 10.0 Å². The van der Waals surface area contributed by atoms with E-state index >= 15 is 0 Å². The molecule has 5 nitrogen and oxygen atoms in total. The summed E-state index contributed by atoms with van der Waals surface area (Å²) in [4.78, 5) is 0. The van der Waals surface area contributed by atoms with Crippen molar-refractivity contribution in [1.82, 2.24) is 10.0 Å². The molecule has 6 heteroatoms. The molecule has 0 aromatic heterocycles. The zero-order valence-electron chi connectivity index (χ0n) is 12.4. The summed E-state index contributed by atoms with van der Waals surface area (Å²) in [7, 11) is -3.17. The van der Waals surface area contributed by atoms with E-state index < -0.39 is 10.0 Å². The zero-order chi connectivity index (χ0) is 14.4. The van der Waals surface area contributed by atoms with Crippen LogP contribution in [0.15, 0.2) is 0 Å². The largest absolute Gasteiger partial charge is 0.374 e. The van der Waals surface area contributed by atoms with Crippen molar-refractivity contribution in [3.8, 4) is 0 Å². The van der Waals surface area contributed by atoms with Crippen LogP contribution in [0, 0.1) is 0 Å². The van der Waals surface area contributed by atoms with Crippen LogP contribution < -0.4 is 10.0 Å². The second-order valence-electron chi connectivity index (χ2n) is 5.86. The lowest BCUT2D eigenvalue weighted by Gasteiger charge is -2.23. The molecular formula is C13H28N2O3S. The highest BCUT2D eigenvalue weighted by Crippen LogP contribution is 2.24. The van der Waals surface area contributed by atoms with Crippen LogP contribution in [0.4, 0.5) is 0 Å². The van der Waals surface area contributed by atoms with E-state index in [4.69, 9.17) is 4.74 Å². The Labute approximate surface area is 117 Å². The molecule has 1 aliphatic heterocycles. The standard InChI is InChI=1S/C13H28N2O3S/c1-12(2)14-8-4-5-10-19(16,17)15-11-13(3)7-6-9-18-13/h12,14-15H,4-11H2,1-3H3. The van der Waals surface area contributed by atoms with E-state index in [9.17, 15) is 8.42 Å². The number of nitrogens with one attached hydrogen (secondary N) is 2. The number of hydrogen-bond donors (Lipinski definition) is 2. The summed E-state index contributed by atoms with van der Waals surface area (Å²) in [5.74, 6) is 0.197. The van der Waals surface area contributed by atoms with Gasteiger partial charge in [-0.1, -0.05) is 13.8 Å². The number of rotatable bonds is 9. The third-order valence-corrected chi connectivity index (χ3v) is 4.77. The summed E-state index contributed by atoms with van der Waals surface area (Å²) in [5, 5.41) is 3.28. The number of unbranched alkanes of at least 4 members (excludes halogenated alkanes) is 1. The van der Waals surface area contributed by atoms with Gasteiger partial charge < -0.3 is 10.1 Å². The summed E-state index contributed by atoms with van der Waals surface area (Å²) in [6.07, 6.45) is 3.51. The molecule has 0 aromatic carbocycles. The van der Waals surface area contributed by atoms with Crippen LogP contribution >= 0.6 is 0 Å². The third-order valence-electron chi connectivity index (χ3n) is 3.36. The molecule has 0 radical (unpaired) electrons. The molecule has 1 rings (SSSR count). The van der Waals surface area contributed by atoms with E-state index in [-0.39, 0.29) is 11.4 Å². The maximum atomic E-state index is 11.8. The van der Waals surface area contributed by atoms with Gasteiger partial charge in [0.15, 0.2) is 0 Å². The molecule has 1 fully saturated rings. The normalized spacial score (nSPS) is 24.2. The van der Waals surface area contributed by atoms with Gasteiger partial charge >= 0.3 is 0 Å². The lowest BCUT2D eigenvalue weighted by Crippen LogP contribution is -2.41. The highest BCUT2D eigenvalue weighted by molar-refractivity contribution is 7.89. The van der Waals surface area contributed by atoms with Gasteiger partial charge in [0.1, 0.15) is 0 Å². The lowest BCUT2D eigenvalue weighted by molar-refractivity contribution is 0.0250. The number of sulfonamides is 1. The van der Waals surface area contributed by atoms with Crippen LogP contribution in [0.1, 0.15) is 46.5 Å². The molecule has 1 heterocycles. The molecule has 1 unspecified atom stereocenters. The molecule has 0 spiro atoms. The topological polar surface area (TPSA) is 67.4 Å². The van der Waals surface area contributed by atoms with Crippen molar-refractivity contribution in [1.29, 1.82) is 0 Å². The maximum absolute atomic E-state index is 11.8. The van der Waals surface area contributed by atoms with Crippen molar-refractivity contribution in [3.63, 3.8) is 0 Å². The molecule has 19 heavy (non-hydrogen) atoms. The second kappa shape index (κ2) is 7.57. The highest BCUT2D eigenvalue weighted by atomic mass is 32.2. The highest BCUT2D eigenvalue weighted by Gasteiger charge is 2.30. The van der Waals surface area contributed by atoms with Crippen molar-refractivity contribution in [2.75, 3.05) is 25.4 Å². The molecule has 1 aliphatic rings. The van der Waals surface area contributed by atoms with Crippen LogP contribution in [0.3, 0.4) is 0 Å². The van der Waals surface area contributed by atoms with E-state index in [2.05, 4.69) is 23.9 Å². The first-order valence-corrected chi connectivity index (χ1v) is 8.83. The Balaban J connectivity index is 2.17. The molecule has 0 aliphatic carbocycles. The van der Waals surface area contributed by atoms with Gasteiger partial charge in [-0.3, -0.25) is 0 Å². The minimum atomic E-state index is -3.17. The van der Waals surface area contributed by atoms with Crippen LogP contribution in [0.25, 0.3) is 0 Å². The molecule has 1 saturated heterocycles. The maximum Gasteiger partial charge on any atom is 0.211 e. The monoisotopic (exact) mass is 292 g/mol. The Hall–Kier alpha value is -0.170. The SMILES string of the molecule is CC(C)NCCCCS(=O)(=O)NCC1(C)CCCO1. The Kier molecular flexibility index (Phi) is 6.73. The number of hydrogen-bond acceptors (Lipinski definition) is 4. The van der Waals surface area contributed by atoms with Gasteiger partial charge in [0, 0.05) is 19.2 Å². The van der Waals surface area contributed by atoms with Gasteiger partial charge in [-0.05, 0) is 39.2 Å². The summed E-state index contributed by atoms with van der Waals surface area (Å²) in [6, 6.07) is 0.453. The Morgan fingerprint density at radius 2 is 2.05 bits per heavy atom. The molecule has 0 bridgehead atoms. The van der Waals surface area contributed by atoms with Crippen molar-refractivity contribution in [2.45, 2.75) is 58.1 Å². The fraction of sp³-hybridized carbons (Fsp3) is 1.00. The van der Waals surface area contributed by atoms with Crippen LogP contribution in [0.5, 0.6) is 0 Å². The Bertz CT molecular complexity index is 349. The summed E-state index contributed by atoms with van der Waals surface area (Å²) >= 11 is 0. The van der Waals surface area contributed by atoms with E-state index in [1.807, 2.05) is 6.92 Å². The average molecular weight is 292 g/mol. The minimum Gasteiger partial charge on any atom is -0.374 e. The molecule has 0 aromatic rings. The van der Waals surface area contributed by atoms with E-state index in [1.54, 1.807) is 0 Å². The van der Waals surface area contributed by atoms with E-state index in [1.165, 1.54) is 0 Å². The van der Waals surface area contributed by atoms with Gasteiger partial charge in [0.05, 0.1) is 11.4 Å². The molecule has 2 N–H and O–H groups in total. The quantitative estimate of drug-likeness (QED) is 0.628. The Morgan fingerprint density at radius 1 is 1.32 bits per heavy atom. The molecular weight excluding hydrogens is 264 g/mol. The van der Waals surface area contributed by atoms with Gasteiger partial charge in [-0.2, -0.15) is 0 Å². The summed E-state index contributed by atoms with van der Waals surface area (Å²) in [5.41, 5.74) is -0.313. The minimum absolute atomic E-state index is 0.197. The van der Waals surface area contributed by atoms with Crippen LogP contribution in [-0.2, 0) is 14.8 Å². The van der Waals surface area contributed by atoms with Crippen LogP contribution in [-0.4, -0.2) is 45.5 Å². The first-order valence-electron chi connectivity index (χ1n) is 7.18. The van der Waals surface area contributed by atoms with Crippen LogP contribution in [0.2, 0.25) is 0 Å². The lowest BCUT2D eigenvalue weighted by atomic mass is 10.0. The smallest absolute Gasteiger partial charge is 0.211 e. The first kappa shape index (κ1) is 16.9. The van der Waals surface area contributed by atoms with Gasteiger partial charge in [-0.25, -0.2) is 13.1 Å². The fourth-order valence-electron chi connectivity index (χ4n) is 2.12. The predicted octanol–water partition coefficient (Wildman–Crippen LogP) is 1.25. The summed E-state index contributed by atoms with van der Waals surface area (Å²) in [6.45, 7) is 8.13.